The van der Waals surface area contributed by atoms with Crippen molar-refractivity contribution >= 4 is 43.4 Å². The molecule has 0 unspecified atom stereocenters. The van der Waals surface area contributed by atoms with Crippen LogP contribution in [0.5, 0.6) is 0 Å². The molecule has 298 valence electrons. The molecule has 64 heavy (non-hydrogen) atoms. The molecule has 0 radical (unpaired) electrons. The Kier molecular flexibility index (Phi) is 9.20. The molecular formula is C62H40N2. The Morgan fingerprint density at radius 3 is 0.953 bits per heavy atom. The number of pyridine rings is 2. The van der Waals surface area contributed by atoms with Crippen LogP contribution in [0.15, 0.2) is 243 Å². The molecule has 2 aromatic heterocycles. The highest BCUT2D eigenvalue weighted by Gasteiger charge is 2.21. The summed E-state index contributed by atoms with van der Waals surface area (Å²) in [4.78, 5) is 10.9. The number of fused-ring (bicyclic) bond motifs is 5. The van der Waals surface area contributed by atoms with Gasteiger partial charge in [-0.15, -0.1) is 0 Å². The number of nitrogens with zero attached hydrogens (tertiary/aromatic N) is 2. The van der Waals surface area contributed by atoms with Gasteiger partial charge in [-0.25, -0.2) is 9.97 Å². The van der Waals surface area contributed by atoms with E-state index in [4.69, 9.17) is 9.97 Å². The van der Waals surface area contributed by atoms with Crippen LogP contribution < -0.4 is 0 Å². The first-order valence-electron chi connectivity index (χ1n) is 21.9. The largest absolute Gasteiger partial charge is 0.245 e. The topological polar surface area (TPSA) is 25.8 Å². The van der Waals surface area contributed by atoms with Crippen LogP contribution in [-0.4, -0.2) is 9.97 Å². The van der Waals surface area contributed by atoms with Crippen LogP contribution in [0.3, 0.4) is 0 Å². The minimum Gasteiger partial charge on any atom is -0.245 e. The third-order valence-electron chi connectivity index (χ3n) is 12.7. The summed E-state index contributed by atoms with van der Waals surface area (Å²) in [5, 5.41) is 7.13. The third kappa shape index (κ3) is 6.44. The fourth-order valence-electron chi connectivity index (χ4n) is 9.71. The Hall–Kier alpha value is -8.46. The van der Waals surface area contributed by atoms with Gasteiger partial charge >= 0.3 is 0 Å². The van der Waals surface area contributed by atoms with Gasteiger partial charge in [0.25, 0.3) is 0 Å². The Labute approximate surface area is 372 Å². The highest BCUT2D eigenvalue weighted by atomic mass is 14.8. The Balaban J connectivity index is 1.03. The minimum atomic E-state index is 0.886. The Morgan fingerprint density at radius 2 is 0.500 bits per heavy atom. The molecule has 0 saturated carbocycles. The van der Waals surface area contributed by atoms with E-state index < -0.39 is 0 Å². The first-order valence-corrected chi connectivity index (χ1v) is 21.9. The van der Waals surface area contributed by atoms with Gasteiger partial charge in [0.15, 0.2) is 0 Å². The SMILES string of the molecule is c1ccc(-c2ccc3c(-c4ccccc4)c(-c4ccccc4)c4ccc(-c5ccc(-c6ccc7c(-c8ccccc8)c8ccccc8c(-c8ccccc8)c7c6)cc5)nc4c3n2)cc1. The van der Waals surface area contributed by atoms with Gasteiger partial charge in [-0.2, -0.15) is 0 Å². The summed E-state index contributed by atoms with van der Waals surface area (Å²) in [5.41, 5.74) is 17.6. The summed E-state index contributed by atoms with van der Waals surface area (Å²) in [6.07, 6.45) is 0. The predicted octanol–water partition coefficient (Wildman–Crippen LogP) is 16.8. The zero-order chi connectivity index (χ0) is 42.4. The van der Waals surface area contributed by atoms with Gasteiger partial charge < -0.3 is 0 Å². The zero-order valence-electron chi connectivity index (χ0n) is 35.0. The molecule has 12 aromatic rings. The lowest BCUT2D eigenvalue weighted by molar-refractivity contribution is 1.36. The summed E-state index contributed by atoms with van der Waals surface area (Å²) in [7, 11) is 0. The maximum atomic E-state index is 5.52. The minimum absolute atomic E-state index is 0.886. The van der Waals surface area contributed by atoms with E-state index in [1.54, 1.807) is 0 Å². The fraction of sp³-hybridized carbons (Fsp3) is 0. The van der Waals surface area contributed by atoms with Gasteiger partial charge in [-0.3, -0.25) is 0 Å². The summed E-state index contributed by atoms with van der Waals surface area (Å²) in [5.74, 6) is 0. The van der Waals surface area contributed by atoms with Gasteiger partial charge in [-0.1, -0.05) is 212 Å². The highest BCUT2D eigenvalue weighted by molar-refractivity contribution is 6.22. The van der Waals surface area contributed by atoms with Gasteiger partial charge in [0.05, 0.1) is 22.4 Å². The molecule has 0 atom stereocenters. The molecule has 12 rings (SSSR count). The second-order valence-electron chi connectivity index (χ2n) is 16.4. The van der Waals surface area contributed by atoms with Crippen LogP contribution in [0.4, 0.5) is 0 Å². The molecule has 0 aliphatic carbocycles. The maximum Gasteiger partial charge on any atom is 0.0979 e. The van der Waals surface area contributed by atoms with Gasteiger partial charge in [0.2, 0.25) is 0 Å². The monoisotopic (exact) mass is 812 g/mol. The van der Waals surface area contributed by atoms with Crippen LogP contribution in [0.2, 0.25) is 0 Å². The molecule has 2 nitrogen and oxygen atoms in total. The second kappa shape index (κ2) is 15.8. The molecule has 0 amide bonds. The first kappa shape index (κ1) is 37.3. The third-order valence-corrected chi connectivity index (χ3v) is 12.7. The van der Waals surface area contributed by atoms with E-state index in [9.17, 15) is 0 Å². The van der Waals surface area contributed by atoms with Crippen molar-refractivity contribution < 1.29 is 0 Å². The summed E-state index contributed by atoms with van der Waals surface area (Å²) >= 11 is 0. The van der Waals surface area contributed by atoms with Crippen LogP contribution in [0, 0.1) is 0 Å². The lowest BCUT2D eigenvalue weighted by atomic mass is 9.85. The lowest BCUT2D eigenvalue weighted by Crippen LogP contribution is -1.97. The van der Waals surface area contributed by atoms with Crippen molar-refractivity contribution in [2.45, 2.75) is 0 Å². The van der Waals surface area contributed by atoms with Gasteiger partial charge in [0, 0.05) is 21.9 Å². The van der Waals surface area contributed by atoms with Crippen molar-refractivity contribution in [2.75, 3.05) is 0 Å². The molecule has 0 bridgehead atoms. The molecule has 0 saturated heterocycles. The van der Waals surface area contributed by atoms with E-state index in [2.05, 4.69) is 237 Å². The quantitative estimate of drug-likeness (QED) is 0.118. The van der Waals surface area contributed by atoms with E-state index in [0.29, 0.717) is 0 Å². The average Bonchev–Trinajstić information content (AvgIpc) is 3.38. The summed E-state index contributed by atoms with van der Waals surface area (Å²) < 4.78 is 0. The molecular weight excluding hydrogens is 773 g/mol. The van der Waals surface area contributed by atoms with Gasteiger partial charge in [0.1, 0.15) is 0 Å². The predicted molar refractivity (Wildman–Crippen MR) is 270 cm³/mol. The Morgan fingerprint density at radius 1 is 0.188 bits per heavy atom. The Bertz CT molecular complexity index is 3660. The maximum absolute atomic E-state index is 5.52. The van der Waals surface area contributed by atoms with Crippen molar-refractivity contribution in [1.82, 2.24) is 9.97 Å². The molecule has 2 heterocycles. The van der Waals surface area contributed by atoms with Crippen LogP contribution in [0.1, 0.15) is 0 Å². The van der Waals surface area contributed by atoms with E-state index in [1.165, 1.54) is 49.4 Å². The van der Waals surface area contributed by atoms with Crippen LogP contribution >= 0.6 is 0 Å². The summed E-state index contributed by atoms with van der Waals surface area (Å²) in [6, 6.07) is 87.0. The molecule has 0 aliphatic heterocycles. The van der Waals surface area contributed by atoms with E-state index in [1.807, 2.05) is 6.07 Å². The van der Waals surface area contributed by atoms with Crippen molar-refractivity contribution in [3.63, 3.8) is 0 Å². The van der Waals surface area contributed by atoms with Crippen LogP contribution in [-0.2, 0) is 0 Å². The second-order valence-corrected chi connectivity index (χ2v) is 16.4. The van der Waals surface area contributed by atoms with Gasteiger partial charge in [-0.05, 0) is 108 Å². The highest BCUT2D eigenvalue weighted by Crippen LogP contribution is 2.47. The molecule has 0 spiro atoms. The molecule has 10 aromatic carbocycles. The molecule has 0 aliphatic rings. The zero-order valence-corrected chi connectivity index (χ0v) is 35.0. The number of rotatable bonds is 7. The normalized spacial score (nSPS) is 11.4. The average molecular weight is 813 g/mol. The van der Waals surface area contributed by atoms with Crippen LogP contribution in [0.25, 0.3) is 122 Å². The number of aromatic nitrogens is 2. The molecule has 0 N–H and O–H groups in total. The van der Waals surface area contributed by atoms with E-state index in [-0.39, 0.29) is 0 Å². The van der Waals surface area contributed by atoms with Crippen molar-refractivity contribution in [2.24, 2.45) is 0 Å². The lowest BCUT2D eigenvalue weighted by Gasteiger charge is -2.19. The summed E-state index contributed by atoms with van der Waals surface area (Å²) in [6.45, 7) is 0. The van der Waals surface area contributed by atoms with Crippen molar-refractivity contribution in [3.05, 3.63) is 243 Å². The van der Waals surface area contributed by atoms with E-state index in [0.717, 1.165) is 72.1 Å². The molecule has 2 heteroatoms. The first-order chi connectivity index (χ1) is 31.8. The molecule has 0 fully saturated rings. The fourth-order valence-corrected chi connectivity index (χ4v) is 9.71. The van der Waals surface area contributed by atoms with Crippen molar-refractivity contribution in [1.29, 1.82) is 0 Å². The number of hydrogen-bond acceptors (Lipinski definition) is 2. The standard InChI is InChI=1S/C62H40N2/c1-6-18-42(19-7-1)55-38-36-52-59(46-24-12-4-13-25-46)60(47-26-14-5-15-27-47)53-37-39-56(64-62(53)61(52)63-55)43-32-30-41(31-33-43)48-34-35-51-54(40-48)58(45-22-10-3-11-23-45)50-29-17-16-28-49(50)57(51)44-20-8-2-9-21-44/h1-40H. The number of hydrogen-bond donors (Lipinski definition) is 0. The smallest absolute Gasteiger partial charge is 0.0979 e. The van der Waals surface area contributed by atoms with Crippen molar-refractivity contribution in [3.8, 4) is 78.1 Å². The number of benzene rings is 10. The van der Waals surface area contributed by atoms with E-state index >= 15 is 0 Å².